The van der Waals surface area contributed by atoms with Crippen molar-refractivity contribution in [3.8, 4) is 0 Å². The van der Waals surface area contributed by atoms with Crippen LogP contribution in [0, 0.1) is 5.82 Å². The van der Waals surface area contributed by atoms with E-state index in [-0.39, 0.29) is 17.9 Å². The number of nitrogens with zero attached hydrogens (tertiary/aromatic N) is 2. The Bertz CT molecular complexity index is 588. The molecule has 1 fully saturated rings. The van der Waals surface area contributed by atoms with Crippen LogP contribution in [0.4, 0.5) is 4.39 Å². The molecule has 0 radical (unpaired) electrons. The van der Waals surface area contributed by atoms with E-state index >= 15 is 0 Å². The summed E-state index contributed by atoms with van der Waals surface area (Å²) in [5.41, 5.74) is 1.77. The fraction of sp³-hybridized carbons (Fsp3) is 0.500. The van der Waals surface area contributed by atoms with E-state index in [0.717, 1.165) is 34.9 Å². The molecule has 0 aliphatic carbocycles. The maximum Gasteiger partial charge on any atom is 0.128 e. The van der Waals surface area contributed by atoms with Crippen LogP contribution in [0.3, 0.4) is 0 Å². The first kappa shape index (κ1) is 12.9. The second-order valence-electron chi connectivity index (χ2n) is 5.15. The van der Waals surface area contributed by atoms with Crippen molar-refractivity contribution in [3.63, 3.8) is 0 Å². The quantitative estimate of drug-likeness (QED) is 0.916. The molecule has 19 heavy (non-hydrogen) atoms. The zero-order chi connectivity index (χ0) is 13.4. The lowest BCUT2D eigenvalue weighted by atomic mass is 10.2. The summed E-state index contributed by atoms with van der Waals surface area (Å²) in [7, 11) is 0. The van der Waals surface area contributed by atoms with E-state index < -0.39 is 0 Å². The molecule has 2 heterocycles. The largest absolute Gasteiger partial charge is 0.324 e. The van der Waals surface area contributed by atoms with Gasteiger partial charge in [0.2, 0.25) is 0 Å². The molecule has 1 unspecified atom stereocenters. The molecule has 1 aliphatic rings. The fourth-order valence-electron chi connectivity index (χ4n) is 2.60. The van der Waals surface area contributed by atoms with Crippen molar-refractivity contribution in [2.75, 3.05) is 18.1 Å². The van der Waals surface area contributed by atoms with Gasteiger partial charge in [-0.3, -0.25) is 0 Å². The van der Waals surface area contributed by atoms with Crippen LogP contribution in [-0.2, 0) is 0 Å². The van der Waals surface area contributed by atoms with Crippen LogP contribution in [0.2, 0.25) is 0 Å². The number of rotatable bonds is 2. The van der Waals surface area contributed by atoms with Gasteiger partial charge in [0.15, 0.2) is 0 Å². The highest BCUT2D eigenvalue weighted by Gasteiger charge is 2.23. The minimum atomic E-state index is -0.202. The second kappa shape index (κ2) is 5.13. The highest BCUT2D eigenvalue weighted by atomic mass is 32.2. The summed E-state index contributed by atoms with van der Waals surface area (Å²) in [6.07, 6.45) is 0. The molecule has 1 aromatic carbocycles. The molecule has 1 aromatic heterocycles. The molecule has 1 N–H and O–H groups in total. The van der Waals surface area contributed by atoms with Crippen molar-refractivity contribution in [1.82, 2.24) is 14.9 Å². The zero-order valence-electron chi connectivity index (χ0n) is 11.2. The van der Waals surface area contributed by atoms with E-state index in [1.807, 2.05) is 11.8 Å². The molecular formula is C14H18FN3S. The van der Waals surface area contributed by atoms with Gasteiger partial charge in [-0.25, -0.2) is 9.37 Å². The van der Waals surface area contributed by atoms with E-state index in [9.17, 15) is 4.39 Å². The Morgan fingerprint density at radius 2 is 2.32 bits per heavy atom. The SMILES string of the molecule is CC(C)n1c(C2CSCCN2)nc2ccc(F)cc21. The van der Waals surface area contributed by atoms with Gasteiger partial charge >= 0.3 is 0 Å². The predicted molar refractivity (Wildman–Crippen MR) is 78.1 cm³/mol. The second-order valence-corrected chi connectivity index (χ2v) is 6.30. The van der Waals surface area contributed by atoms with Crippen molar-refractivity contribution >= 4 is 22.8 Å². The first-order valence-corrected chi connectivity index (χ1v) is 7.81. The molecule has 1 atom stereocenters. The van der Waals surface area contributed by atoms with Gasteiger partial charge in [-0.1, -0.05) is 0 Å². The van der Waals surface area contributed by atoms with Crippen LogP contribution >= 0.6 is 11.8 Å². The molecule has 0 saturated carbocycles. The number of halogens is 1. The highest BCUT2D eigenvalue weighted by Crippen LogP contribution is 2.28. The van der Waals surface area contributed by atoms with E-state index in [1.165, 1.54) is 6.07 Å². The Labute approximate surface area is 116 Å². The van der Waals surface area contributed by atoms with Crippen LogP contribution in [0.15, 0.2) is 18.2 Å². The molecule has 0 spiro atoms. The van der Waals surface area contributed by atoms with E-state index in [0.29, 0.717) is 0 Å². The van der Waals surface area contributed by atoms with Crippen molar-refractivity contribution < 1.29 is 4.39 Å². The van der Waals surface area contributed by atoms with E-state index in [2.05, 4.69) is 23.7 Å². The Hall–Kier alpha value is -1.07. The van der Waals surface area contributed by atoms with Gasteiger partial charge in [0.1, 0.15) is 11.6 Å². The van der Waals surface area contributed by atoms with Crippen LogP contribution in [0.5, 0.6) is 0 Å². The Kier molecular flexibility index (Phi) is 3.50. The van der Waals surface area contributed by atoms with Crippen molar-refractivity contribution in [3.05, 3.63) is 29.8 Å². The predicted octanol–water partition coefficient (Wildman–Crippen LogP) is 3.13. The molecule has 2 aromatic rings. The Morgan fingerprint density at radius 3 is 3.00 bits per heavy atom. The number of hydrogen-bond acceptors (Lipinski definition) is 3. The third kappa shape index (κ3) is 2.37. The van der Waals surface area contributed by atoms with Crippen LogP contribution in [0.25, 0.3) is 11.0 Å². The van der Waals surface area contributed by atoms with E-state index in [4.69, 9.17) is 4.98 Å². The Balaban J connectivity index is 2.14. The average molecular weight is 279 g/mol. The number of thioether (sulfide) groups is 1. The number of fused-ring (bicyclic) bond motifs is 1. The zero-order valence-corrected chi connectivity index (χ0v) is 12.0. The summed E-state index contributed by atoms with van der Waals surface area (Å²) in [4.78, 5) is 4.72. The Morgan fingerprint density at radius 1 is 1.47 bits per heavy atom. The number of hydrogen-bond donors (Lipinski definition) is 1. The van der Waals surface area contributed by atoms with Gasteiger partial charge < -0.3 is 9.88 Å². The lowest BCUT2D eigenvalue weighted by Gasteiger charge is -2.25. The van der Waals surface area contributed by atoms with Crippen LogP contribution < -0.4 is 5.32 Å². The molecule has 1 aliphatic heterocycles. The van der Waals surface area contributed by atoms with Gasteiger partial charge in [-0.2, -0.15) is 11.8 Å². The third-order valence-corrected chi connectivity index (χ3v) is 4.49. The van der Waals surface area contributed by atoms with Gasteiger partial charge in [0, 0.05) is 24.1 Å². The summed E-state index contributed by atoms with van der Waals surface area (Å²) in [6.45, 7) is 5.24. The maximum atomic E-state index is 13.5. The maximum absolute atomic E-state index is 13.5. The summed E-state index contributed by atoms with van der Waals surface area (Å²) >= 11 is 1.94. The smallest absolute Gasteiger partial charge is 0.128 e. The molecule has 1 saturated heterocycles. The van der Waals surface area contributed by atoms with Crippen LogP contribution in [0.1, 0.15) is 31.8 Å². The summed E-state index contributed by atoms with van der Waals surface area (Å²) < 4.78 is 15.6. The van der Waals surface area contributed by atoms with Crippen LogP contribution in [-0.4, -0.2) is 27.6 Å². The van der Waals surface area contributed by atoms with Crippen molar-refractivity contribution in [2.45, 2.75) is 25.9 Å². The summed E-state index contributed by atoms with van der Waals surface area (Å²) in [5.74, 6) is 3.00. The number of imidazole rings is 1. The molecule has 3 rings (SSSR count). The van der Waals surface area contributed by atoms with Gasteiger partial charge in [0.25, 0.3) is 0 Å². The number of benzene rings is 1. The first-order valence-electron chi connectivity index (χ1n) is 6.65. The lowest BCUT2D eigenvalue weighted by molar-refractivity contribution is 0.501. The molecule has 5 heteroatoms. The fourth-order valence-corrected chi connectivity index (χ4v) is 3.54. The highest BCUT2D eigenvalue weighted by molar-refractivity contribution is 7.99. The number of nitrogens with one attached hydrogen (secondary N) is 1. The normalized spacial score (nSPS) is 20.3. The molecule has 0 amide bonds. The van der Waals surface area contributed by atoms with E-state index in [1.54, 1.807) is 12.1 Å². The third-order valence-electron chi connectivity index (χ3n) is 3.43. The van der Waals surface area contributed by atoms with Gasteiger partial charge in [-0.15, -0.1) is 0 Å². The molecule has 0 bridgehead atoms. The topological polar surface area (TPSA) is 29.9 Å². The lowest BCUT2D eigenvalue weighted by Crippen LogP contribution is -2.32. The van der Waals surface area contributed by atoms with Gasteiger partial charge in [-0.05, 0) is 32.0 Å². The summed E-state index contributed by atoms with van der Waals surface area (Å²) in [5, 5.41) is 3.51. The summed E-state index contributed by atoms with van der Waals surface area (Å²) in [6, 6.07) is 5.37. The standard InChI is InChI=1S/C14H18FN3S/c1-9(2)18-13-7-10(15)3-4-11(13)17-14(18)12-8-19-6-5-16-12/h3-4,7,9,12,16H,5-6,8H2,1-2H3. The molecular weight excluding hydrogens is 261 g/mol. The minimum absolute atomic E-state index is 0.202. The first-order chi connectivity index (χ1) is 9.16. The minimum Gasteiger partial charge on any atom is -0.324 e. The molecule has 102 valence electrons. The van der Waals surface area contributed by atoms with Crippen molar-refractivity contribution in [2.24, 2.45) is 0 Å². The molecule has 3 nitrogen and oxygen atoms in total. The number of aromatic nitrogens is 2. The van der Waals surface area contributed by atoms with Gasteiger partial charge in [0.05, 0.1) is 17.1 Å². The monoisotopic (exact) mass is 279 g/mol. The van der Waals surface area contributed by atoms with Crippen molar-refractivity contribution in [1.29, 1.82) is 0 Å². The average Bonchev–Trinajstić information content (AvgIpc) is 2.78.